The van der Waals surface area contributed by atoms with Crippen molar-refractivity contribution in [2.45, 2.75) is 121 Å². The summed E-state index contributed by atoms with van der Waals surface area (Å²) in [5.41, 5.74) is -1.63. The molecule has 4 unspecified atom stereocenters. The summed E-state index contributed by atoms with van der Waals surface area (Å²) in [5, 5.41) is 56.4. The lowest BCUT2D eigenvalue weighted by molar-refractivity contribution is -0.374. The number of carbonyl (C=O) groups is 2. The summed E-state index contributed by atoms with van der Waals surface area (Å²) < 4.78 is 28.1. The molecule has 0 saturated carbocycles. The van der Waals surface area contributed by atoms with Crippen molar-refractivity contribution in [3.05, 3.63) is 0 Å². The molecule has 1 amide bonds. The highest BCUT2D eigenvalue weighted by atomic mass is 16.7. The van der Waals surface area contributed by atoms with Gasteiger partial charge in [-0.3, -0.25) is 4.79 Å². The van der Waals surface area contributed by atoms with Crippen LogP contribution in [0.3, 0.4) is 0 Å². The van der Waals surface area contributed by atoms with Gasteiger partial charge in [-0.2, -0.15) is 0 Å². The first-order chi connectivity index (χ1) is 15.9. The van der Waals surface area contributed by atoms with Crippen molar-refractivity contribution in [3.63, 3.8) is 0 Å². The maximum atomic E-state index is 11.8. The van der Waals surface area contributed by atoms with Crippen LogP contribution in [0.25, 0.3) is 0 Å². The van der Waals surface area contributed by atoms with Gasteiger partial charge in [0.2, 0.25) is 5.91 Å². The molecule has 0 spiro atoms. The Hall–Kier alpha value is -1.42. The van der Waals surface area contributed by atoms with Gasteiger partial charge in [-0.05, 0) is 41.5 Å². The van der Waals surface area contributed by atoms with Gasteiger partial charge in [-0.25, -0.2) is 0 Å². The Bertz CT molecular complexity index is 735. The number of aliphatic hydroxyl groups excluding tert-OH is 4. The minimum Gasteiger partial charge on any atom is -0.547 e. The van der Waals surface area contributed by atoms with Crippen LogP contribution in [0.1, 0.15) is 48.5 Å². The standard InChI is InChI=1S/C22H39NO12/c1-9(25)23-11-12(26)15(10(8-24)31-19(11)35-22(5,6)7)32-20-14(28)13(27)16(34-21(2,3)4)17(33-20)18(29)30/h10-17,19-20,24,26-28H,8H2,1-7H3,(H,23,25)(H,29,30)/p-1/t10?,11?,12-,13-,14?,15+,16-,17?,19+,20+/m0/s1. The first-order valence-electron chi connectivity index (χ1n) is 11.4. The number of hydrogen-bond acceptors (Lipinski definition) is 12. The Morgan fingerprint density at radius 1 is 0.886 bits per heavy atom. The van der Waals surface area contributed by atoms with E-state index in [4.69, 9.17) is 23.7 Å². The van der Waals surface area contributed by atoms with Gasteiger partial charge in [0.1, 0.15) is 48.8 Å². The summed E-state index contributed by atoms with van der Waals surface area (Å²) in [6.45, 7) is 10.6. The molecule has 0 aliphatic carbocycles. The average molecular weight is 509 g/mol. The lowest BCUT2D eigenvalue weighted by Crippen LogP contribution is -2.69. The van der Waals surface area contributed by atoms with Crippen LogP contribution < -0.4 is 10.4 Å². The minimum absolute atomic E-state index is 0.509. The molecule has 204 valence electrons. The van der Waals surface area contributed by atoms with Gasteiger partial charge in [0.15, 0.2) is 12.6 Å². The van der Waals surface area contributed by atoms with Gasteiger partial charge >= 0.3 is 0 Å². The highest BCUT2D eigenvalue weighted by Gasteiger charge is 2.53. The van der Waals surface area contributed by atoms with E-state index in [0.717, 1.165) is 0 Å². The molecule has 5 N–H and O–H groups in total. The molecule has 2 aliphatic rings. The van der Waals surface area contributed by atoms with Crippen LogP contribution in [-0.4, -0.2) is 111 Å². The normalized spacial score (nSPS) is 38.7. The molecule has 2 heterocycles. The molecule has 13 nitrogen and oxygen atoms in total. The number of nitrogens with one attached hydrogen (secondary N) is 1. The van der Waals surface area contributed by atoms with Gasteiger partial charge in [-0.15, -0.1) is 0 Å². The molecule has 0 radical (unpaired) electrons. The molecule has 0 aromatic carbocycles. The molecule has 0 bridgehead atoms. The molecule has 13 heteroatoms. The van der Waals surface area contributed by atoms with E-state index in [0.29, 0.717) is 0 Å². The SMILES string of the molecule is CC(=O)NC1[C@@H](OC(C)(C)C)OC(CO)[C@@H](O[C@@H]2OC(C(=O)[O-])[C@@H](OC(C)(C)C)[C@@H](O)C2O)[C@H]1O. The smallest absolute Gasteiger partial charge is 0.217 e. The van der Waals surface area contributed by atoms with E-state index in [1.165, 1.54) is 6.92 Å². The number of carboxylic acids is 1. The quantitative estimate of drug-likeness (QED) is 0.236. The summed E-state index contributed by atoms with van der Waals surface area (Å²) >= 11 is 0. The number of aliphatic carboxylic acids is 1. The van der Waals surface area contributed by atoms with E-state index in [1.807, 2.05) is 0 Å². The van der Waals surface area contributed by atoms with Gasteiger partial charge in [0.05, 0.1) is 23.8 Å². The van der Waals surface area contributed by atoms with Crippen LogP contribution in [0.2, 0.25) is 0 Å². The maximum Gasteiger partial charge on any atom is 0.217 e. The second-order valence-corrected chi connectivity index (χ2v) is 10.7. The van der Waals surface area contributed by atoms with Crippen LogP contribution in [-0.2, 0) is 33.3 Å². The summed E-state index contributed by atoms with van der Waals surface area (Å²) in [7, 11) is 0. The molecule has 35 heavy (non-hydrogen) atoms. The fraction of sp³-hybridized carbons (Fsp3) is 0.909. The molecular formula is C22H38NO12-. The fourth-order valence-electron chi connectivity index (χ4n) is 3.91. The zero-order valence-corrected chi connectivity index (χ0v) is 21.0. The van der Waals surface area contributed by atoms with Crippen LogP contribution in [0.5, 0.6) is 0 Å². The third-order valence-corrected chi connectivity index (χ3v) is 5.25. The molecule has 0 aromatic rings. The van der Waals surface area contributed by atoms with Crippen molar-refractivity contribution in [3.8, 4) is 0 Å². The number of amides is 1. The minimum atomic E-state index is -1.82. The van der Waals surface area contributed by atoms with Gasteiger partial charge < -0.3 is 59.3 Å². The van der Waals surface area contributed by atoms with Crippen molar-refractivity contribution < 1.29 is 58.8 Å². The molecular weight excluding hydrogens is 470 g/mol. The molecule has 2 fully saturated rings. The number of carboxylic acid groups (broad SMARTS) is 1. The molecule has 2 saturated heterocycles. The first kappa shape index (κ1) is 29.8. The van der Waals surface area contributed by atoms with E-state index < -0.39 is 91.0 Å². The first-order valence-corrected chi connectivity index (χ1v) is 11.4. The topological polar surface area (TPSA) is 196 Å². The van der Waals surface area contributed by atoms with E-state index in [1.54, 1.807) is 41.5 Å². The van der Waals surface area contributed by atoms with Crippen LogP contribution in [0.15, 0.2) is 0 Å². The largest absolute Gasteiger partial charge is 0.547 e. The predicted molar refractivity (Wildman–Crippen MR) is 115 cm³/mol. The van der Waals surface area contributed by atoms with E-state index in [9.17, 15) is 35.1 Å². The van der Waals surface area contributed by atoms with Crippen molar-refractivity contribution >= 4 is 11.9 Å². The molecule has 0 aromatic heterocycles. The Kier molecular flexibility index (Phi) is 9.64. The summed E-state index contributed by atoms with van der Waals surface area (Å²) in [5.74, 6) is -2.22. The molecule has 2 rings (SSSR count). The Morgan fingerprint density at radius 3 is 1.91 bits per heavy atom. The Balaban J connectivity index is 2.30. The van der Waals surface area contributed by atoms with Gasteiger partial charge in [-0.1, -0.05) is 0 Å². The Morgan fingerprint density at radius 2 is 1.46 bits per heavy atom. The lowest BCUT2D eigenvalue weighted by atomic mass is 9.94. The van der Waals surface area contributed by atoms with Crippen molar-refractivity contribution in [1.82, 2.24) is 5.32 Å². The third-order valence-electron chi connectivity index (χ3n) is 5.25. The summed E-state index contributed by atoms with van der Waals surface area (Å²) in [4.78, 5) is 23.5. The number of carbonyl (C=O) groups excluding carboxylic acids is 2. The highest BCUT2D eigenvalue weighted by molar-refractivity contribution is 5.73. The van der Waals surface area contributed by atoms with Crippen LogP contribution >= 0.6 is 0 Å². The third kappa shape index (κ3) is 7.78. The molecule has 2 aliphatic heterocycles. The van der Waals surface area contributed by atoms with Gasteiger partial charge in [0, 0.05) is 6.92 Å². The summed E-state index contributed by atoms with van der Waals surface area (Å²) in [6.07, 6.45) is -14.0. The van der Waals surface area contributed by atoms with Crippen molar-refractivity contribution in [2.24, 2.45) is 0 Å². The second kappa shape index (κ2) is 11.3. The fourth-order valence-corrected chi connectivity index (χ4v) is 3.91. The predicted octanol–water partition coefficient (Wildman–Crippen LogP) is -2.85. The number of hydrogen-bond donors (Lipinski definition) is 5. The highest BCUT2D eigenvalue weighted by Crippen LogP contribution is 2.32. The average Bonchev–Trinajstić information content (AvgIpc) is 2.69. The zero-order chi connectivity index (χ0) is 26.9. The maximum absolute atomic E-state index is 11.8. The molecule has 10 atom stereocenters. The van der Waals surface area contributed by atoms with Gasteiger partial charge in [0.25, 0.3) is 0 Å². The van der Waals surface area contributed by atoms with E-state index in [-0.39, 0.29) is 0 Å². The lowest BCUT2D eigenvalue weighted by Gasteiger charge is -2.49. The summed E-state index contributed by atoms with van der Waals surface area (Å²) in [6, 6.07) is -1.15. The Labute approximate surface area is 204 Å². The van der Waals surface area contributed by atoms with Crippen molar-refractivity contribution in [1.29, 1.82) is 0 Å². The van der Waals surface area contributed by atoms with Crippen LogP contribution in [0.4, 0.5) is 0 Å². The monoisotopic (exact) mass is 508 g/mol. The zero-order valence-electron chi connectivity index (χ0n) is 21.0. The second-order valence-electron chi connectivity index (χ2n) is 10.7. The van der Waals surface area contributed by atoms with Crippen LogP contribution in [0, 0.1) is 0 Å². The van der Waals surface area contributed by atoms with E-state index >= 15 is 0 Å². The van der Waals surface area contributed by atoms with E-state index in [2.05, 4.69) is 5.32 Å². The number of ether oxygens (including phenoxy) is 5. The number of rotatable bonds is 7. The van der Waals surface area contributed by atoms with Crippen molar-refractivity contribution in [2.75, 3.05) is 6.61 Å². The number of aliphatic hydroxyl groups is 4.